The second-order valence-corrected chi connectivity index (χ2v) is 2.70. The zero-order chi connectivity index (χ0) is 8.15. The molecule has 0 rings (SSSR count). The molecular weight excluding hydrogens is 179 g/mol. The molecule has 0 aromatic heterocycles. The van der Waals surface area contributed by atoms with Crippen molar-refractivity contribution in [1.82, 2.24) is 0 Å². The molecule has 1 N–H and O–H groups in total. The van der Waals surface area contributed by atoms with E-state index in [0.29, 0.717) is 6.42 Å². The molecular formula is C5H8Cl2O3. The van der Waals surface area contributed by atoms with Crippen molar-refractivity contribution in [3.05, 3.63) is 0 Å². The standard InChI is InChI=1S/C5H8Cl2O3/c1-2-3(8)10-5(9)4(6)7/h3-4,8H,2H2,1H3. The van der Waals surface area contributed by atoms with Gasteiger partial charge in [-0.05, 0) is 0 Å². The molecule has 5 heteroatoms. The molecule has 0 aliphatic heterocycles. The van der Waals surface area contributed by atoms with E-state index in [4.69, 9.17) is 28.3 Å². The molecule has 0 fully saturated rings. The van der Waals surface area contributed by atoms with Gasteiger partial charge in [-0.15, -0.1) is 0 Å². The van der Waals surface area contributed by atoms with Crippen molar-refractivity contribution >= 4 is 29.2 Å². The Morgan fingerprint density at radius 1 is 1.70 bits per heavy atom. The van der Waals surface area contributed by atoms with E-state index in [-0.39, 0.29) is 0 Å². The molecule has 10 heavy (non-hydrogen) atoms. The number of hydrogen-bond acceptors (Lipinski definition) is 3. The van der Waals surface area contributed by atoms with E-state index < -0.39 is 17.1 Å². The number of carbonyl (C=O) groups is 1. The van der Waals surface area contributed by atoms with E-state index in [1.165, 1.54) is 0 Å². The Kier molecular flexibility index (Phi) is 4.77. The number of halogens is 2. The minimum Gasteiger partial charge on any atom is -0.434 e. The molecule has 1 atom stereocenters. The van der Waals surface area contributed by atoms with Gasteiger partial charge in [0, 0.05) is 6.42 Å². The maximum Gasteiger partial charge on any atom is 0.341 e. The van der Waals surface area contributed by atoms with Crippen LogP contribution >= 0.6 is 23.2 Å². The van der Waals surface area contributed by atoms with Gasteiger partial charge in [0.05, 0.1) is 0 Å². The highest BCUT2D eigenvalue weighted by molar-refractivity contribution is 6.52. The quantitative estimate of drug-likeness (QED) is 0.408. The maximum absolute atomic E-state index is 10.5. The van der Waals surface area contributed by atoms with Crippen LogP contribution in [0, 0.1) is 0 Å². The topological polar surface area (TPSA) is 46.5 Å². The fourth-order valence-electron chi connectivity index (χ4n) is 0.269. The van der Waals surface area contributed by atoms with Crippen LogP contribution in [0.15, 0.2) is 0 Å². The smallest absolute Gasteiger partial charge is 0.341 e. The van der Waals surface area contributed by atoms with Gasteiger partial charge in [0.2, 0.25) is 4.84 Å². The summed E-state index contributed by atoms with van der Waals surface area (Å²) in [5, 5.41) is 8.72. The van der Waals surface area contributed by atoms with Crippen LogP contribution < -0.4 is 0 Å². The van der Waals surface area contributed by atoms with Gasteiger partial charge in [-0.2, -0.15) is 0 Å². The summed E-state index contributed by atoms with van der Waals surface area (Å²) in [6.45, 7) is 1.66. The van der Waals surface area contributed by atoms with Crippen LogP contribution in [0.5, 0.6) is 0 Å². The van der Waals surface area contributed by atoms with Gasteiger partial charge in [-0.25, -0.2) is 4.79 Å². The monoisotopic (exact) mass is 186 g/mol. The second-order valence-electron chi connectivity index (χ2n) is 1.60. The zero-order valence-corrected chi connectivity index (χ0v) is 6.89. The van der Waals surface area contributed by atoms with Crippen LogP contribution in [0.2, 0.25) is 0 Å². The number of aliphatic hydroxyl groups is 1. The minimum atomic E-state index is -1.22. The lowest BCUT2D eigenvalue weighted by Crippen LogP contribution is -2.20. The Morgan fingerprint density at radius 2 is 2.20 bits per heavy atom. The van der Waals surface area contributed by atoms with Gasteiger partial charge in [0.1, 0.15) is 0 Å². The van der Waals surface area contributed by atoms with Crippen LogP contribution in [0.3, 0.4) is 0 Å². The van der Waals surface area contributed by atoms with Crippen molar-refractivity contribution in [3.63, 3.8) is 0 Å². The van der Waals surface area contributed by atoms with Crippen LogP contribution in [0.25, 0.3) is 0 Å². The Bertz CT molecular complexity index is 115. The van der Waals surface area contributed by atoms with Crippen molar-refractivity contribution in [2.45, 2.75) is 24.5 Å². The fourth-order valence-corrected chi connectivity index (χ4v) is 0.372. The van der Waals surface area contributed by atoms with Gasteiger partial charge in [-0.1, -0.05) is 30.1 Å². The molecule has 60 valence electrons. The van der Waals surface area contributed by atoms with Crippen LogP contribution in [-0.4, -0.2) is 22.2 Å². The Hall–Kier alpha value is 0.01000. The number of aliphatic hydroxyl groups excluding tert-OH is 1. The number of alkyl halides is 2. The molecule has 0 aromatic carbocycles. The summed E-state index contributed by atoms with van der Waals surface area (Å²) in [5.41, 5.74) is 0. The number of carbonyl (C=O) groups excluding carboxylic acids is 1. The van der Waals surface area contributed by atoms with Gasteiger partial charge in [0.15, 0.2) is 6.29 Å². The predicted molar refractivity (Wildman–Crippen MR) is 37.9 cm³/mol. The van der Waals surface area contributed by atoms with Gasteiger partial charge >= 0.3 is 5.97 Å². The lowest BCUT2D eigenvalue weighted by atomic mass is 10.5. The molecule has 0 heterocycles. The van der Waals surface area contributed by atoms with Crippen molar-refractivity contribution in [2.24, 2.45) is 0 Å². The lowest BCUT2D eigenvalue weighted by molar-refractivity contribution is -0.165. The van der Waals surface area contributed by atoms with Crippen molar-refractivity contribution in [2.75, 3.05) is 0 Å². The number of esters is 1. The van der Waals surface area contributed by atoms with Gasteiger partial charge in [0.25, 0.3) is 0 Å². The second kappa shape index (κ2) is 4.77. The summed E-state index contributed by atoms with van der Waals surface area (Å²) in [6, 6.07) is 0. The largest absolute Gasteiger partial charge is 0.434 e. The third kappa shape index (κ3) is 3.93. The molecule has 0 amide bonds. The van der Waals surface area contributed by atoms with Crippen molar-refractivity contribution in [3.8, 4) is 0 Å². The molecule has 0 aliphatic rings. The molecule has 3 nitrogen and oxygen atoms in total. The highest BCUT2D eigenvalue weighted by Crippen LogP contribution is 2.05. The van der Waals surface area contributed by atoms with Crippen molar-refractivity contribution < 1.29 is 14.6 Å². The number of hydrogen-bond donors (Lipinski definition) is 1. The van der Waals surface area contributed by atoms with Crippen LogP contribution in [-0.2, 0) is 9.53 Å². The summed E-state index contributed by atoms with van der Waals surface area (Å²) in [5.74, 6) is -0.822. The Morgan fingerprint density at radius 3 is 2.50 bits per heavy atom. The number of ether oxygens (including phenoxy) is 1. The molecule has 0 spiro atoms. The molecule has 0 aliphatic carbocycles. The van der Waals surface area contributed by atoms with E-state index in [2.05, 4.69) is 4.74 Å². The molecule has 0 bridgehead atoms. The highest BCUT2D eigenvalue weighted by atomic mass is 35.5. The normalized spacial score (nSPS) is 13.3. The summed E-state index contributed by atoms with van der Waals surface area (Å²) in [6.07, 6.45) is -0.779. The molecule has 0 saturated heterocycles. The molecule has 0 aromatic rings. The van der Waals surface area contributed by atoms with E-state index in [9.17, 15) is 4.79 Å². The first kappa shape index (κ1) is 10.0. The van der Waals surface area contributed by atoms with Crippen molar-refractivity contribution in [1.29, 1.82) is 0 Å². The SMILES string of the molecule is CCC(O)OC(=O)C(Cl)Cl. The third-order valence-electron chi connectivity index (χ3n) is 0.780. The first-order valence-corrected chi connectivity index (χ1v) is 3.62. The van der Waals surface area contributed by atoms with Gasteiger partial charge < -0.3 is 9.84 Å². The zero-order valence-electron chi connectivity index (χ0n) is 5.38. The van der Waals surface area contributed by atoms with E-state index >= 15 is 0 Å². The molecule has 1 unspecified atom stereocenters. The summed E-state index contributed by atoms with van der Waals surface area (Å²) in [7, 11) is 0. The lowest BCUT2D eigenvalue weighted by Gasteiger charge is -2.08. The number of rotatable bonds is 3. The fraction of sp³-hybridized carbons (Fsp3) is 0.800. The predicted octanol–water partition coefficient (Wildman–Crippen LogP) is 1.06. The summed E-state index contributed by atoms with van der Waals surface area (Å²) in [4.78, 5) is 9.24. The third-order valence-corrected chi connectivity index (χ3v) is 1.14. The first-order chi connectivity index (χ1) is 4.57. The molecule has 0 radical (unpaired) electrons. The Balaban J connectivity index is 3.57. The van der Waals surface area contributed by atoms with Crippen LogP contribution in [0.4, 0.5) is 0 Å². The summed E-state index contributed by atoms with van der Waals surface area (Å²) >= 11 is 10.2. The van der Waals surface area contributed by atoms with E-state index in [1.807, 2.05) is 0 Å². The first-order valence-electron chi connectivity index (χ1n) is 2.74. The van der Waals surface area contributed by atoms with E-state index in [0.717, 1.165) is 0 Å². The van der Waals surface area contributed by atoms with Gasteiger partial charge in [-0.3, -0.25) is 0 Å². The average Bonchev–Trinajstić information content (AvgIpc) is 1.87. The maximum atomic E-state index is 10.5. The molecule has 0 saturated carbocycles. The minimum absolute atomic E-state index is 0.326. The van der Waals surface area contributed by atoms with E-state index in [1.54, 1.807) is 6.92 Å². The summed E-state index contributed by atoms with van der Waals surface area (Å²) < 4.78 is 4.31. The van der Waals surface area contributed by atoms with Crippen LogP contribution in [0.1, 0.15) is 13.3 Å². The average molecular weight is 187 g/mol. The Labute approximate surface area is 68.9 Å². The highest BCUT2D eigenvalue weighted by Gasteiger charge is 2.15.